The predicted molar refractivity (Wildman–Crippen MR) is 176 cm³/mol. The molecule has 0 bridgehead atoms. The number of imidazole rings is 1. The second kappa shape index (κ2) is 14.3. The number of rotatable bonds is 6. The van der Waals surface area contributed by atoms with Gasteiger partial charge in [0.15, 0.2) is 0 Å². The minimum Gasteiger partial charge on any atom is -0.475 e. The number of hydrogen-bond acceptors (Lipinski definition) is 7. The van der Waals surface area contributed by atoms with Gasteiger partial charge < -0.3 is 20.3 Å². The van der Waals surface area contributed by atoms with E-state index in [9.17, 15) is 22.8 Å². The van der Waals surface area contributed by atoms with E-state index in [0.717, 1.165) is 46.7 Å². The van der Waals surface area contributed by atoms with Gasteiger partial charge in [0.2, 0.25) is 11.8 Å². The summed E-state index contributed by atoms with van der Waals surface area (Å²) in [6.07, 6.45) is 3.69. The Morgan fingerprint density at radius 1 is 1.06 bits per heavy atom. The molecule has 0 unspecified atom stereocenters. The van der Waals surface area contributed by atoms with Crippen LogP contribution >= 0.6 is 11.6 Å². The first kappa shape index (κ1) is 34.0. The summed E-state index contributed by atoms with van der Waals surface area (Å²) in [6, 6.07) is 21.2. The molecule has 2 amide bonds. The quantitative estimate of drug-likeness (QED) is 0.182. The summed E-state index contributed by atoms with van der Waals surface area (Å²) in [5.74, 6) is -2.12. The number of nitrogens with zero attached hydrogens (tertiary/aromatic N) is 6. The third-order valence-corrected chi connectivity index (χ3v) is 8.53. The number of aromatic nitrogens is 6. The lowest BCUT2D eigenvalue weighted by molar-refractivity contribution is -0.192. The Labute approximate surface area is 287 Å². The number of halogens is 4. The average Bonchev–Trinajstić information content (AvgIpc) is 3.88. The zero-order valence-electron chi connectivity index (χ0n) is 26.0. The molecule has 50 heavy (non-hydrogen) atoms. The van der Waals surface area contributed by atoms with Gasteiger partial charge in [-0.25, -0.2) is 9.78 Å². The van der Waals surface area contributed by atoms with Gasteiger partial charge in [0.1, 0.15) is 12.2 Å². The molecule has 2 aliphatic rings. The van der Waals surface area contributed by atoms with Crippen LogP contribution in [0.1, 0.15) is 47.3 Å². The third-order valence-electron chi connectivity index (χ3n) is 8.29. The van der Waals surface area contributed by atoms with Crippen LogP contribution in [-0.4, -0.2) is 70.7 Å². The number of tetrazole rings is 1. The van der Waals surface area contributed by atoms with E-state index in [1.807, 2.05) is 47.4 Å². The normalized spacial score (nSPS) is 17.2. The Balaban J connectivity index is 0.000000561. The molecule has 16 heteroatoms. The fourth-order valence-corrected chi connectivity index (χ4v) is 6.24. The first-order valence-corrected chi connectivity index (χ1v) is 15.7. The van der Waals surface area contributed by atoms with Gasteiger partial charge in [0.25, 0.3) is 0 Å². The molecule has 256 valence electrons. The second-order valence-corrected chi connectivity index (χ2v) is 11.9. The number of hydrogen-bond donors (Lipinski definition) is 3. The average molecular weight is 705 g/mol. The van der Waals surface area contributed by atoms with Crippen molar-refractivity contribution in [3.05, 3.63) is 113 Å². The highest BCUT2D eigenvalue weighted by Crippen LogP contribution is 2.42. The van der Waals surface area contributed by atoms with E-state index in [-0.39, 0.29) is 23.8 Å². The van der Waals surface area contributed by atoms with Crippen LogP contribution in [0.3, 0.4) is 0 Å². The van der Waals surface area contributed by atoms with Gasteiger partial charge >= 0.3 is 12.1 Å². The van der Waals surface area contributed by atoms with Crippen molar-refractivity contribution in [1.82, 2.24) is 35.1 Å². The van der Waals surface area contributed by atoms with Gasteiger partial charge in [-0.05, 0) is 76.4 Å². The van der Waals surface area contributed by atoms with Gasteiger partial charge in [-0.1, -0.05) is 48.0 Å². The van der Waals surface area contributed by atoms with Crippen molar-refractivity contribution in [1.29, 1.82) is 0 Å². The monoisotopic (exact) mass is 704 g/mol. The Kier molecular flexibility index (Phi) is 9.76. The molecule has 12 nitrogen and oxygen atoms in total. The molecule has 3 N–H and O–H groups in total. The molecular weight excluding hydrogens is 677 g/mol. The molecule has 5 aromatic rings. The summed E-state index contributed by atoms with van der Waals surface area (Å²) >= 11 is 6.30. The zero-order valence-corrected chi connectivity index (χ0v) is 26.8. The standard InChI is InChI=1S/C32H27ClN8O2.C2HF3O2/c33-24-10-12-28(41-19-35-38-39-41)22(16-24)9-13-30(43)40-14-4-7-25(20-5-2-1-3-6-20)31(40)32-34-18-27(37-32)21-8-11-26-23(15-21)17-29(42)36-26;3-2(4,5)1(6)7/h1-3,5-6,8-13,15-16,18-19,25,31H,4,7,14,17H2,(H,34,37)(H,36,42);(H,6,7)/t25-,31-;/m1./s1. The number of amides is 2. The minimum atomic E-state index is -5.08. The second-order valence-electron chi connectivity index (χ2n) is 11.5. The van der Waals surface area contributed by atoms with Crippen molar-refractivity contribution < 1.29 is 32.7 Å². The molecule has 0 spiro atoms. The number of piperidine rings is 1. The summed E-state index contributed by atoms with van der Waals surface area (Å²) < 4.78 is 33.3. The van der Waals surface area contributed by atoms with Crippen LogP contribution in [0.2, 0.25) is 5.02 Å². The first-order chi connectivity index (χ1) is 24.0. The SMILES string of the molecule is O=C(O)C(F)(F)F.O=C1Cc2cc(-c3cnc([C@H]4[C@@H](c5ccccc5)CCCN4C(=O)C=Cc4cc(Cl)ccc4-n4cnnn4)[nH]3)ccc2N1. The van der Waals surface area contributed by atoms with Gasteiger partial charge in [0.05, 0.1) is 30.0 Å². The van der Waals surface area contributed by atoms with Gasteiger partial charge in [-0.3, -0.25) is 9.59 Å². The summed E-state index contributed by atoms with van der Waals surface area (Å²) in [7, 11) is 0. The maximum atomic E-state index is 13.9. The molecule has 2 atom stereocenters. The fourth-order valence-electron chi connectivity index (χ4n) is 6.06. The van der Waals surface area contributed by atoms with Crippen LogP contribution in [0.5, 0.6) is 0 Å². The highest BCUT2D eigenvalue weighted by atomic mass is 35.5. The number of anilines is 1. The fraction of sp³-hybridized carbons (Fsp3) is 0.206. The first-order valence-electron chi connectivity index (χ1n) is 15.3. The lowest BCUT2D eigenvalue weighted by atomic mass is 9.83. The van der Waals surface area contributed by atoms with Crippen molar-refractivity contribution in [3.63, 3.8) is 0 Å². The highest BCUT2D eigenvalue weighted by molar-refractivity contribution is 6.30. The minimum absolute atomic E-state index is 0.00424. The summed E-state index contributed by atoms with van der Waals surface area (Å²) in [6.45, 7) is 0.592. The Bertz CT molecular complexity index is 2050. The van der Waals surface area contributed by atoms with E-state index in [4.69, 9.17) is 26.5 Å². The molecule has 4 heterocycles. The molecule has 1 fully saturated rings. The largest absolute Gasteiger partial charge is 0.490 e. The van der Waals surface area contributed by atoms with E-state index in [1.54, 1.807) is 30.5 Å². The van der Waals surface area contributed by atoms with Crippen molar-refractivity contribution in [2.45, 2.75) is 37.4 Å². The van der Waals surface area contributed by atoms with E-state index in [0.29, 0.717) is 29.2 Å². The number of likely N-dealkylation sites (tertiary alicyclic amines) is 1. The highest BCUT2D eigenvalue weighted by Gasteiger charge is 2.39. The van der Waals surface area contributed by atoms with Crippen molar-refractivity contribution in [2.75, 3.05) is 11.9 Å². The number of benzene rings is 3. The predicted octanol–water partition coefficient (Wildman–Crippen LogP) is 5.99. The Morgan fingerprint density at radius 3 is 2.56 bits per heavy atom. The smallest absolute Gasteiger partial charge is 0.475 e. The molecule has 0 saturated carbocycles. The van der Waals surface area contributed by atoms with Crippen molar-refractivity contribution in [2.24, 2.45) is 0 Å². The number of alkyl halides is 3. The molecule has 0 aliphatic carbocycles. The number of H-pyrrole nitrogens is 1. The molecule has 7 rings (SSSR count). The van der Waals surface area contributed by atoms with Gasteiger partial charge in [-0.15, -0.1) is 5.10 Å². The number of carboxylic acids is 1. The maximum Gasteiger partial charge on any atom is 0.490 e. The summed E-state index contributed by atoms with van der Waals surface area (Å²) in [4.78, 5) is 44.9. The van der Waals surface area contributed by atoms with Crippen LogP contribution in [-0.2, 0) is 20.8 Å². The Morgan fingerprint density at radius 2 is 1.84 bits per heavy atom. The van der Waals surface area contributed by atoms with Crippen LogP contribution in [0.25, 0.3) is 23.0 Å². The van der Waals surface area contributed by atoms with Crippen molar-refractivity contribution in [3.8, 4) is 16.9 Å². The number of carboxylic acid groups (broad SMARTS) is 1. The Hall–Kier alpha value is -5.83. The lowest BCUT2D eigenvalue weighted by Crippen LogP contribution is -2.41. The number of aromatic amines is 1. The molecule has 2 aliphatic heterocycles. The lowest BCUT2D eigenvalue weighted by Gasteiger charge is -2.40. The molecule has 1 saturated heterocycles. The van der Waals surface area contributed by atoms with Crippen LogP contribution in [0, 0.1) is 0 Å². The van der Waals surface area contributed by atoms with Crippen LogP contribution in [0.4, 0.5) is 18.9 Å². The van der Waals surface area contributed by atoms with Crippen LogP contribution < -0.4 is 5.32 Å². The molecule has 0 radical (unpaired) electrons. The third kappa shape index (κ3) is 7.57. The van der Waals surface area contributed by atoms with Gasteiger partial charge in [-0.2, -0.15) is 17.9 Å². The number of carbonyl (C=O) groups is 3. The molecular formula is C34H28ClF3N8O4. The van der Waals surface area contributed by atoms with E-state index in [1.165, 1.54) is 11.0 Å². The topological polar surface area (TPSA) is 159 Å². The van der Waals surface area contributed by atoms with Crippen molar-refractivity contribution >= 4 is 41.1 Å². The number of aliphatic carboxylic acids is 1. The van der Waals surface area contributed by atoms with E-state index < -0.39 is 12.1 Å². The summed E-state index contributed by atoms with van der Waals surface area (Å²) in [5, 5.41) is 22.0. The molecule has 2 aromatic heterocycles. The summed E-state index contributed by atoms with van der Waals surface area (Å²) in [5.41, 5.74) is 6.16. The van der Waals surface area contributed by atoms with E-state index in [2.05, 4.69) is 38.0 Å². The molecule has 3 aromatic carbocycles. The number of fused-ring (bicyclic) bond motifs is 1. The number of nitrogens with one attached hydrogen (secondary N) is 2. The van der Waals surface area contributed by atoms with Gasteiger partial charge in [0, 0.05) is 34.8 Å². The van der Waals surface area contributed by atoms with E-state index >= 15 is 0 Å². The van der Waals surface area contributed by atoms with Crippen LogP contribution in [0.15, 0.2) is 85.3 Å². The number of carbonyl (C=O) groups excluding carboxylic acids is 2. The maximum absolute atomic E-state index is 13.9. The zero-order chi connectivity index (χ0) is 35.4.